The van der Waals surface area contributed by atoms with E-state index in [0.717, 1.165) is 12.0 Å². The minimum atomic E-state index is -3.58. The van der Waals surface area contributed by atoms with Crippen molar-refractivity contribution in [2.75, 3.05) is 24.5 Å². The molecule has 2 heterocycles. The molecular weight excluding hydrogens is 316 g/mol. The average Bonchev–Trinajstić information content (AvgIpc) is 2.89. The molecule has 0 aliphatic carbocycles. The van der Waals surface area contributed by atoms with E-state index in [1.54, 1.807) is 17.0 Å². The number of hydrogen-bond donors (Lipinski definition) is 0. The molecule has 1 aromatic rings. The molecule has 0 radical (unpaired) electrons. The van der Waals surface area contributed by atoms with Crippen LogP contribution in [0.3, 0.4) is 0 Å². The number of morpholine rings is 1. The van der Waals surface area contributed by atoms with Crippen LogP contribution < -0.4 is 4.90 Å². The van der Waals surface area contributed by atoms with Crippen LogP contribution in [0, 0.1) is 0 Å². The van der Waals surface area contributed by atoms with Crippen molar-refractivity contribution in [3.05, 3.63) is 23.8 Å². The van der Waals surface area contributed by atoms with E-state index in [2.05, 4.69) is 0 Å². The number of carbonyl (C=O) groups excluding carboxylic acids is 1. The van der Waals surface area contributed by atoms with Gasteiger partial charge < -0.3 is 9.64 Å². The standard InChI is InChI=1S/C16H22N2O4S/c1-11-9-17(10-12(2)22-11)23(20,21)15-5-4-14-6-7-18(13(3)19)16(14)8-15/h4-5,8,11-12H,6-7,9-10H2,1-3H3/t11-,12-/m1/s1. The molecule has 1 aromatic carbocycles. The number of fused-ring (bicyclic) bond motifs is 1. The smallest absolute Gasteiger partial charge is 0.243 e. The van der Waals surface area contributed by atoms with Crippen LogP contribution in [0.1, 0.15) is 26.3 Å². The van der Waals surface area contributed by atoms with Gasteiger partial charge in [-0.05, 0) is 38.0 Å². The second-order valence-electron chi connectivity index (χ2n) is 6.29. The minimum Gasteiger partial charge on any atom is -0.373 e. The fourth-order valence-corrected chi connectivity index (χ4v) is 4.93. The van der Waals surface area contributed by atoms with Crippen LogP contribution in [0.5, 0.6) is 0 Å². The summed E-state index contributed by atoms with van der Waals surface area (Å²) >= 11 is 0. The van der Waals surface area contributed by atoms with E-state index in [1.807, 2.05) is 19.9 Å². The van der Waals surface area contributed by atoms with Crippen molar-refractivity contribution >= 4 is 21.6 Å². The third-order valence-corrected chi connectivity index (χ3v) is 6.18. The lowest BCUT2D eigenvalue weighted by atomic mass is 10.2. The van der Waals surface area contributed by atoms with Gasteiger partial charge in [-0.15, -0.1) is 0 Å². The zero-order valence-corrected chi connectivity index (χ0v) is 14.5. The van der Waals surface area contributed by atoms with E-state index in [0.29, 0.717) is 25.3 Å². The first kappa shape index (κ1) is 16.4. The van der Waals surface area contributed by atoms with Gasteiger partial charge in [-0.1, -0.05) is 6.07 Å². The molecule has 0 saturated carbocycles. The fourth-order valence-electron chi connectivity index (χ4n) is 3.32. The maximum absolute atomic E-state index is 12.9. The summed E-state index contributed by atoms with van der Waals surface area (Å²) in [5.74, 6) is -0.0630. The van der Waals surface area contributed by atoms with Gasteiger partial charge in [0.15, 0.2) is 0 Å². The van der Waals surface area contributed by atoms with E-state index >= 15 is 0 Å². The maximum atomic E-state index is 12.9. The second-order valence-corrected chi connectivity index (χ2v) is 8.23. The van der Waals surface area contributed by atoms with Crippen molar-refractivity contribution in [2.45, 2.75) is 44.3 Å². The molecule has 2 atom stereocenters. The van der Waals surface area contributed by atoms with E-state index in [1.165, 1.54) is 11.2 Å². The Morgan fingerprint density at radius 3 is 2.48 bits per heavy atom. The number of anilines is 1. The predicted octanol–water partition coefficient (Wildman–Crippen LogP) is 1.39. The lowest BCUT2D eigenvalue weighted by molar-refractivity contribution is -0.116. The first-order valence-electron chi connectivity index (χ1n) is 7.85. The molecule has 6 nitrogen and oxygen atoms in total. The molecular formula is C16H22N2O4S. The van der Waals surface area contributed by atoms with E-state index in [-0.39, 0.29) is 23.0 Å². The van der Waals surface area contributed by atoms with Gasteiger partial charge in [-0.2, -0.15) is 4.31 Å². The van der Waals surface area contributed by atoms with Crippen molar-refractivity contribution in [1.82, 2.24) is 4.31 Å². The summed E-state index contributed by atoms with van der Waals surface area (Å²) < 4.78 is 32.9. The van der Waals surface area contributed by atoms with Gasteiger partial charge in [0, 0.05) is 32.2 Å². The summed E-state index contributed by atoms with van der Waals surface area (Å²) in [6, 6.07) is 5.09. The number of nitrogens with zero attached hydrogens (tertiary/aromatic N) is 2. The highest BCUT2D eigenvalue weighted by Crippen LogP contribution is 2.32. The number of ether oxygens (including phenoxy) is 1. The Bertz CT molecular complexity index is 722. The quantitative estimate of drug-likeness (QED) is 0.817. The van der Waals surface area contributed by atoms with Crippen molar-refractivity contribution in [2.24, 2.45) is 0 Å². The Morgan fingerprint density at radius 2 is 1.87 bits per heavy atom. The number of benzene rings is 1. The molecule has 126 valence electrons. The lowest BCUT2D eigenvalue weighted by Crippen LogP contribution is -2.48. The zero-order valence-electron chi connectivity index (χ0n) is 13.7. The van der Waals surface area contributed by atoms with Crippen molar-refractivity contribution in [3.8, 4) is 0 Å². The van der Waals surface area contributed by atoms with Crippen LogP contribution >= 0.6 is 0 Å². The van der Waals surface area contributed by atoms with E-state index < -0.39 is 10.0 Å². The van der Waals surface area contributed by atoms with Crippen LogP contribution in [-0.4, -0.2) is 50.5 Å². The van der Waals surface area contributed by atoms with Crippen LogP contribution in [-0.2, 0) is 26.0 Å². The van der Waals surface area contributed by atoms with E-state index in [9.17, 15) is 13.2 Å². The normalized spacial score (nSPS) is 25.4. The Hall–Kier alpha value is -1.44. The summed E-state index contributed by atoms with van der Waals surface area (Å²) in [6.07, 6.45) is 0.509. The Balaban J connectivity index is 1.95. The number of carbonyl (C=O) groups is 1. The number of hydrogen-bond acceptors (Lipinski definition) is 4. The molecule has 1 fully saturated rings. The highest BCUT2D eigenvalue weighted by atomic mass is 32.2. The zero-order chi connectivity index (χ0) is 16.8. The first-order chi connectivity index (χ1) is 10.8. The summed E-state index contributed by atoms with van der Waals surface area (Å²) in [5, 5.41) is 0. The minimum absolute atomic E-state index is 0.0630. The van der Waals surface area contributed by atoms with Gasteiger partial charge in [-0.25, -0.2) is 8.42 Å². The van der Waals surface area contributed by atoms with Gasteiger partial charge in [0.1, 0.15) is 0 Å². The molecule has 23 heavy (non-hydrogen) atoms. The monoisotopic (exact) mass is 338 g/mol. The average molecular weight is 338 g/mol. The first-order valence-corrected chi connectivity index (χ1v) is 9.29. The molecule has 0 bridgehead atoms. The molecule has 0 N–H and O–H groups in total. The summed E-state index contributed by atoms with van der Waals surface area (Å²) in [7, 11) is -3.58. The molecule has 0 spiro atoms. The SMILES string of the molecule is CC(=O)N1CCc2ccc(S(=O)(=O)N3C[C@@H](C)O[C@H](C)C3)cc21. The topological polar surface area (TPSA) is 66.9 Å². The Morgan fingerprint density at radius 1 is 1.22 bits per heavy atom. The van der Waals surface area contributed by atoms with Gasteiger partial charge in [0.05, 0.1) is 17.1 Å². The molecule has 3 rings (SSSR count). The van der Waals surface area contributed by atoms with E-state index in [4.69, 9.17) is 4.74 Å². The summed E-state index contributed by atoms with van der Waals surface area (Å²) in [4.78, 5) is 13.6. The highest BCUT2D eigenvalue weighted by Gasteiger charge is 2.33. The molecule has 2 aliphatic heterocycles. The van der Waals surface area contributed by atoms with Gasteiger partial charge >= 0.3 is 0 Å². The molecule has 0 aromatic heterocycles. The maximum Gasteiger partial charge on any atom is 0.243 e. The molecule has 2 aliphatic rings. The van der Waals surface area contributed by atoms with Crippen LogP contribution in [0.25, 0.3) is 0 Å². The number of rotatable bonds is 2. The molecule has 1 amide bonds. The van der Waals surface area contributed by atoms with Gasteiger partial charge in [-0.3, -0.25) is 4.79 Å². The lowest BCUT2D eigenvalue weighted by Gasteiger charge is -2.34. The third-order valence-electron chi connectivity index (χ3n) is 4.36. The fraction of sp³-hybridized carbons (Fsp3) is 0.562. The molecule has 1 saturated heterocycles. The van der Waals surface area contributed by atoms with Crippen LogP contribution in [0.15, 0.2) is 23.1 Å². The van der Waals surface area contributed by atoms with Crippen molar-refractivity contribution in [1.29, 1.82) is 0 Å². The van der Waals surface area contributed by atoms with Crippen LogP contribution in [0.4, 0.5) is 5.69 Å². The van der Waals surface area contributed by atoms with Gasteiger partial charge in [0.25, 0.3) is 0 Å². The van der Waals surface area contributed by atoms with Gasteiger partial charge in [0.2, 0.25) is 15.9 Å². The molecule has 0 unspecified atom stereocenters. The van der Waals surface area contributed by atoms with Crippen LogP contribution in [0.2, 0.25) is 0 Å². The van der Waals surface area contributed by atoms with Crippen molar-refractivity contribution in [3.63, 3.8) is 0 Å². The summed E-state index contributed by atoms with van der Waals surface area (Å²) in [5.41, 5.74) is 1.73. The molecule has 7 heteroatoms. The predicted molar refractivity (Wildman–Crippen MR) is 86.9 cm³/mol. The third kappa shape index (κ3) is 3.00. The second kappa shape index (κ2) is 5.89. The largest absolute Gasteiger partial charge is 0.373 e. The Kier molecular flexibility index (Phi) is 4.20. The highest BCUT2D eigenvalue weighted by molar-refractivity contribution is 7.89. The number of sulfonamides is 1. The Labute approximate surface area is 137 Å². The summed E-state index contributed by atoms with van der Waals surface area (Å²) in [6.45, 7) is 6.55. The van der Waals surface area contributed by atoms with Crippen molar-refractivity contribution < 1.29 is 17.9 Å². The number of amides is 1.